The molecule has 0 radical (unpaired) electrons. The first kappa shape index (κ1) is 29.5. The Bertz CT molecular complexity index is 1230. The number of hydrogen-bond donors (Lipinski definition) is 0. The molecule has 2 aliphatic rings. The van der Waals surface area contributed by atoms with Crippen molar-refractivity contribution < 1.29 is 19.1 Å². The zero-order valence-electron chi connectivity index (χ0n) is 24.7. The van der Waals surface area contributed by atoms with Crippen LogP contribution in [0.3, 0.4) is 0 Å². The van der Waals surface area contributed by atoms with E-state index in [2.05, 4.69) is 33.8 Å². The summed E-state index contributed by atoms with van der Waals surface area (Å²) in [5, 5.41) is 0. The third-order valence-corrected chi connectivity index (χ3v) is 8.74. The highest BCUT2D eigenvalue weighted by Gasteiger charge is 2.74. The van der Waals surface area contributed by atoms with Crippen LogP contribution in [-0.2, 0) is 14.3 Å². The van der Waals surface area contributed by atoms with Gasteiger partial charge in [0.05, 0.1) is 7.11 Å². The Hall–Kier alpha value is -3.01. The highest BCUT2D eigenvalue weighted by Crippen LogP contribution is 2.66. The van der Waals surface area contributed by atoms with Crippen molar-refractivity contribution >= 4 is 17.3 Å². The molecular weight excluding hydrogens is 472 g/mol. The molecule has 4 heteroatoms. The summed E-state index contributed by atoms with van der Waals surface area (Å²) in [7, 11) is 1.49. The van der Waals surface area contributed by atoms with Crippen molar-refractivity contribution in [3.8, 4) is 0 Å². The van der Waals surface area contributed by atoms with Crippen molar-refractivity contribution in [2.24, 2.45) is 22.2 Å². The maximum atomic E-state index is 15.0. The van der Waals surface area contributed by atoms with Crippen LogP contribution in [0.4, 0.5) is 0 Å². The Morgan fingerprint density at radius 1 is 0.921 bits per heavy atom. The van der Waals surface area contributed by atoms with Gasteiger partial charge in [-0.15, -0.1) is 0 Å². The van der Waals surface area contributed by atoms with Gasteiger partial charge in [0, 0.05) is 11.1 Å². The molecule has 38 heavy (non-hydrogen) atoms. The average molecular weight is 517 g/mol. The second-order valence-electron chi connectivity index (χ2n) is 12.3. The minimum absolute atomic E-state index is 0.0903. The topological polar surface area (TPSA) is 60.4 Å². The predicted molar refractivity (Wildman–Crippen MR) is 154 cm³/mol. The molecule has 0 saturated heterocycles. The maximum absolute atomic E-state index is 15.0. The van der Waals surface area contributed by atoms with Crippen molar-refractivity contribution in [2.45, 2.75) is 81.1 Å². The molecule has 0 aliphatic heterocycles. The number of carbonyl (C=O) groups excluding carboxylic acids is 3. The second kappa shape index (κ2) is 11.0. The summed E-state index contributed by atoms with van der Waals surface area (Å²) >= 11 is 0. The lowest BCUT2D eigenvalue weighted by molar-refractivity contribution is -0.168. The molecular formula is C34H44O4. The Morgan fingerprint density at radius 2 is 1.50 bits per heavy atom. The molecule has 3 atom stereocenters. The van der Waals surface area contributed by atoms with Crippen LogP contribution in [0.5, 0.6) is 0 Å². The molecule has 4 nitrogen and oxygen atoms in total. The van der Waals surface area contributed by atoms with Crippen LogP contribution >= 0.6 is 0 Å². The van der Waals surface area contributed by atoms with E-state index < -0.39 is 16.2 Å². The van der Waals surface area contributed by atoms with Gasteiger partial charge in [-0.05, 0) is 78.6 Å². The summed E-state index contributed by atoms with van der Waals surface area (Å²) in [6.07, 6.45) is 7.73. The van der Waals surface area contributed by atoms with Crippen LogP contribution in [0.1, 0.15) is 91.4 Å². The third-order valence-electron chi connectivity index (χ3n) is 8.74. The summed E-state index contributed by atoms with van der Waals surface area (Å²) < 4.78 is 5.98. The number of methoxy groups -OCH3 is 1. The lowest BCUT2D eigenvalue weighted by Gasteiger charge is -2.60. The minimum atomic E-state index is -1.56. The van der Waals surface area contributed by atoms with Gasteiger partial charge < -0.3 is 4.74 Å². The molecule has 2 aliphatic carbocycles. The first-order chi connectivity index (χ1) is 17.8. The van der Waals surface area contributed by atoms with Crippen LogP contribution in [0, 0.1) is 22.2 Å². The Labute approximate surface area is 228 Å². The predicted octanol–water partition coefficient (Wildman–Crippen LogP) is 8.01. The summed E-state index contributed by atoms with van der Waals surface area (Å²) in [4.78, 5) is 44.3. The van der Waals surface area contributed by atoms with E-state index >= 15 is 4.79 Å². The number of benzene rings is 1. The molecule has 0 heterocycles. The molecule has 0 aromatic heterocycles. The third kappa shape index (κ3) is 4.67. The van der Waals surface area contributed by atoms with E-state index in [0.717, 1.165) is 11.1 Å². The Morgan fingerprint density at radius 3 is 2.03 bits per heavy atom. The summed E-state index contributed by atoms with van der Waals surface area (Å²) in [6.45, 7) is 16.1. The fraction of sp³-hybridized carbons (Fsp3) is 0.500. The molecule has 1 aromatic carbocycles. The van der Waals surface area contributed by atoms with Gasteiger partial charge in [0.2, 0.25) is 0 Å². The van der Waals surface area contributed by atoms with Crippen LogP contribution in [0.2, 0.25) is 0 Å². The van der Waals surface area contributed by atoms with Crippen molar-refractivity contribution in [2.75, 3.05) is 7.11 Å². The largest absolute Gasteiger partial charge is 0.499 e. The second-order valence-corrected chi connectivity index (χ2v) is 12.3. The normalized spacial score (nSPS) is 26.0. The fourth-order valence-corrected chi connectivity index (χ4v) is 6.42. The number of carbonyl (C=O) groups is 3. The Balaban J connectivity index is 2.49. The smallest absolute Gasteiger partial charge is 0.184 e. The van der Waals surface area contributed by atoms with Gasteiger partial charge in [-0.3, -0.25) is 14.4 Å². The number of hydrogen-bond acceptors (Lipinski definition) is 4. The van der Waals surface area contributed by atoms with Gasteiger partial charge in [-0.25, -0.2) is 0 Å². The van der Waals surface area contributed by atoms with Gasteiger partial charge in [-0.1, -0.05) is 79.1 Å². The van der Waals surface area contributed by atoms with Gasteiger partial charge in [0.15, 0.2) is 22.8 Å². The van der Waals surface area contributed by atoms with Crippen molar-refractivity contribution in [3.63, 3.8) is 0 Å². The zero-order chi connectivity index (χ0) is 28.5. The lowest BCUT2D eigenvalue weighted by atomic mass is 9.39. The van der Waals surface area contributed by atoms with Crippen LogP contribution in [0.25, 0.3) is 0 Å². The molecule has 1 aromatic rings. The quantitative estimate of drug-likeness (QED) is 0.189. The van der Waals surface area contributed by atoms with E-state index in [0.29, 0.717) is 30.4 Å². The van der Waals surface area contributed by atoms with Crippen molar-refractivity contribution in [1.82, 2.24) is 0 Å². The molecule has 2 bridgehead atoms. The van der Waals surface area contributed by atoms with Crippen molar-refractivity contribution in [3.05, 3.63) is 82.2 Å². The number of fused-ring (bicyclic) bond motifs is 2. The first-order valence-corrected chi connectivity index (χ1v) is 13.6. The number of ketones is 3. The summed E-state index contributed by atoms with van der Waals surface area (Å²) in [5.74, 6) is -0.631. The molecule has 3 unspecified atom stereocenters. The van der Waals surface area contributed by atoms with E-state index in [-0.39, 0.29) is 35.4 Å². The zero-order valence-corrected chi connectivity index (χ0v) is 24.7. The van der Waals surface area contributed by atoms with Gasteiger partial charge in [0.25, 0.3) is 0 Å². The van der Waals surface area contributed by atoms with E-state index in [1.54, 1.807) is 12.1 Å². The molecule has 0 N–H and O–H groups in total. The monoisotopic (exact) mass is 516 g/mol. The minimum Gasteiger partial charge on any atom is -0.499 e. The average Bonchev–Trinajstić information content (AvgIpc) is 2.85. The van der Waals surface area contributed by atoms with E-state index in [1.165, 1.54) is 12.7 Å². The number of ether oxygens (including phenoxy) is 1. The number of rotatable bonds is 9. The van der Waals surface area contributed by atoms with Gasteiger partial charge in [-0.2, -0.15) is 0 Å². The first-order valence-electron chi connectivity index (χ1n) is 13.6. The molecule has 0 spiro atoms. The van der Waals surface area contributed by atoms with Crippen LogP contribution in [0.15, 0.2) is 76.6 Å². The fourth-order valence-electron chi connectivity index (χ4n) is 6.42. The molecule has 204 valence electrons. The van der Waals surface area contributed by atoms with Crippen molar-refractivity contribution in [1.29, 1.82) is 0 Å². The molecule has 3 rings (SSSR count). The highest BCUT2D eigenvalue weighted by molar-refractivity contribution is 6.29. The van der Waals surface area contributed by atoms with Gasteiger partial charge in [0.1, 0.15) is 11.2 Å². The maximum Gasteiger partial charge on any atom is 0.184 e. The number of allylic oxidation sites excluding steroid dienone is 8. The summed E-state index contributed by atoms with van der Waals surface area (Å²) in [5.41, 5.74) is 0.564. The lowest BCUT2D eigenvalue weighted by Crippen LogP contribution is -2.68. The Kier molecular flexibility index (Phi) is 8.55. The van der Waals surface area contributed by atoms with E-state index in [9.17, 15) is 9.59 Å². The van der Waals surface area contributed by atoms with Gasteiger partial charge >= 0.3 is 0 Å². The SMILES string of the molecule is COC1=C(CC=C(C)C)C(=O)C2(CC=C(C)C)C(=O)C1(C(=O)c1ccccc1)CC(CC=C(C)C)C2(C)C. The highest BCUT2D eigenvalue weighted by atomic mass is 16.5. The van der Waals surface area contributed by atoms with Crippen LogP contribution in [-0.4, -0.2) is 24.5 Å². The molecule has 1 fully saturated rings. The standard InChI is InChI=1S/C34H44O4/c1-22(2)15-17-26-21-33(28(35)25-13-11-10-12-14-25)30(38-9)27(18-16-23(3)4)29(36)34(31(33)37,32(26,7)8)20-19-24(5)6/h10-16,19,26H,17-18,20-21H2,1-9H3. The van der Waals surface area contributed by atoms with Crippen LogP contribution < -0.4 is 0 Å². The number of Topliss-reactive ketones (excluding diaryl/α,β-unsaturated/α-hetero) is 3. The molecule has 1 saturated carbocycles. The van der Waals surface area contributed by atoms with E-state index in [1.807, 2.05) is 58.0 Å². The molecule has 0 amide bonds. The van der Waals surface area contributed by atoms with E-state index in [4.69, 9.17) is 4.74 Å². The summed E-state index contributed by atoms with van der Waals surface area (Å²) in [6, 6.07) is 8.99.